The summed E-state index contributed by atoms with van der Waals surface area (Å²) in [5, 5.41) is 0.800. The van der Waals surface area contributed by atoms with Crippen molar-refractivity contribution in [1.82, 2.24) is 5.43 Å². The molecule has 1 atom stereocenters. The smallest absolute Gasteiger partial charge is 0.0851 e. The molecule has 118 valence electrons. The molecule has 0 spiro atoms. The first kappa shape index (κ1) is 16.8. The van der Waals surface area contributed by atoms with E-state index in [-0.39, 0.29) is 11.6 Å². The minimum absolute atomic E-state index is 0.0878. The van der Waals surface area contributed by atoms with Crippen molar-refractivity contribution in [2.75, 3.05) is 6.61 Å². The second-order valence-corrected chi connectivity index (χ2v) is 6.60. The fourth-order valence-electron chi connectivity index (χ4n) is 3.41. The fourth-order valence-corrected chi connectivity index (χ4v) is 3.63. The van der Waals surface area contributed by atoms with Crippen LogP contribution in [0.4, 0.5) is 0 Å². The van der Waals surface area contributed by atoms with Crippen LogP contribution >= 0.6 is 11.6 Å². The van der Waals surface area contributed by atoms with Crippen LogP contribution in [0, 0.1) is 5.92 Å². The van der Waals surface area contributed by atoms with Gasteiger partial charge in [0, 0.05) is 11.6 Å². The van der Waals surface area contributed by atoms with Gasteiger partial charge in [-0.15, -0.1) is 0 Å². The maximum absolute atomic E-state index is 6.30. The molecule has 3 N–H and O–H groups in total. The molecule has 0 aromatic heterocycles. The summed E-state index contributed by atoms with van der Waals surface area (Å²) in [6.45, 7) is 5.09. The standard InChI is InChI=1S/C17H27ClN2O/c1-3-21-17(10-8-13(2)9-11-17)16(20-19)12-14-6-4-5-7-15(14)18/h4-7,13,16,20H,3,8-12,19H2,1-2H3. The zero-order valence-corrected chi connectivity index (χ0v) is 13.8. The second kappa shape index (κ2) is 7.59. The van der Waals surface area contributed by atoms with E-state index >= 15 is 0 Å². The molecule has 1 aromatic rings. The lowest BCUT2D eigenvalue weighted by Crippen LogP contribution is -2.57. The number of hydrogen-bond acceptors (Lipinski definition) is 3. The highest BCUT2D eigenvalue weighted by molar-refractivity contribution is 6.31. The van der Waals surface area contributed by atoms with E-state index in [0.29, 0.717) is 0 Å². The van der Waals surface area contributed by atoms with Crippen LogP contribution in [0.25, 0.3) is 0 Å². The molecular weight excluding hydrogens is 284 g/mol. The van der Waals surface area contributed by atoms with Gasteiger partial charge in [-0.25, -0.2) is 0 Å². The van der Waals surface area contributed by atoms with Gasteiger partial charge in [-0.05, 0) is 56.6 Å². The van der Waals surface area contributed by atoms with Crippen LogP contribution in [0.15, 0.2) is 24.3 Å². The molecular formula is C17H27ClN2O. The van der Waals surface area contributed by atoms with Crippen LogP contribution in [-0.2, 0) is 11.2 Å². The number of halogens is 1. The molecule has 0 radical (unpaired) electrons. The molecule has 0 heterocycles. The maximum Gasteiger partial charge on any atom is 0.0851 e. The molecule has 0 aliphatic heterocycles. The summed E-state index contributed by atoms with van der Waals surface area (Å²) < 4.78 is 6.20. The van der Waals surface area contributed by atoms with Gasteiger partial charge in [0.2, 0.25) is 0 Å². The van der Waals surface area contributed by atoms with Crippen molar-refractivity contribution in [3.8, 4) is 0 Å². The van der Waals surface area contributed by atoms with Gasteiger partial charge in [-0.3, -0.25) is 11.3 Å². The molecule has 21 heavy (non-hydrogen) atoms. The Hall–Kier alpha value is -0.610. The van der Waals surface area contributed by atoms with Crippen molar-refractivity contribution < 1.29 is 4.74 Å². The van der Waals surface area contributed by atoms with Crippen LogP contribution < -0.4 is 11.3 Å². The monoisotopic (exact) mass is 310 g/mol. The van der Waals surface area contributed by atoms with Crippen molar-refractivity contribution in [1.29, 1.82) is 0 Å². The molecule has 1 aliphatic rings. The molecule has 1 aromatic carbocycles. The van der Waals surface area contributed by atoms with E-state index in [0.717, 1.165) is 42.4 Å². The molecule has 1 aliphatic carbocycles. The summed E-state index contributed by atoms with van der Waals surface area (Å²) in [6, 6.07) is 8.06. The Kier molecular flexibility index (Phi) is 6.06. The summed E-state index contributed by atoms with van der Waals surface area (Å²) in [7, 11) is 0. The summed E-state index contributed by atoms with van der Waals surface area (Å²) in [4.78, 5) is 0. The second-order valence-electron chi connectivity index (χ2n) is 6.20. The lowest BCUT2D eigenvalue weighted by molar-refractivity contribution is -0.0961. The lowest BCUT2D eigenvalue weighted by atomic mass is 9.74. The number of nitrogens with two attached hydrogens (primary N) is 1. The van der Waals surface area contributed by atoms with E-state index in [4.69, 9.17) is 22.2 Å². The van der Waals surface area contributed by atoms with Crippen LogP contribution in [-0.4, -0.2) is 18.2 Å². The Morgan fingerprint density at radius 2 is 2.05 bits per heavy atom. The number of nitrogens with one attached hydrogen (secondary N) is 1. The summed E-state index contributed by atoms with van der Waals surface area (Å²) >= 11 is 6.30. The highest BCUT2D eigenvalue weighted by atomic mass is 35.5. The Labute approximate surface area is 133 Å². The Bertz CT molecular complexity index is 444. The van der Waals surface area contributed by atoms with E-state index in [9.17, 15) is 0 Å². The Morgan fingerprint density at radius 3 is 2.62 bits per heavy atom. The van der Waals surface area contributed by atoms with E-state index in [1.807, 2.05) is 18.2 Å². The van der Waals surface area contributed by atoms with Crippen LogP contribution in [0.2, 0.25) is 5.02 Å². The Morgan fingerprint density at radius 1 is 1.38 bits per heavy atom. The number of benzene rings is 1. The van der Waals surface area contributed by atoms with Crippen molar-refractivity contribution in [3.63, 3.8) is 0 Å². The highest BCUT2D eigenvalue weighted by Crippen LogP contribution is 2.38. The molecule has 1 saturated carbocycles. The van der Waals surface area contributed by atoms with Gasteiger partial charge in [0.15, 0.2) is 0 Å². The fraction of sp³-hybridized carbons (Fsp3) is 0.647. The van der Waals surface area contributed by atoms with Gasteiger partial charge in [0.05, 0.1) is 11.6 Å². The van der Waals surface area contributed by atoms with Crippen LogP contribution in [0.3, 0.4) is 0 Å². The zero-order chi connectivity index (χ0) is 15.3. The van der Waals surface area contributed by atoms with E-state index in [1.165, 1.54) is 12.8 Å². The third kappa shape index (κ3) is 3.98. The van der Waals surface area contributed by atoms with E-state index in [1.54, 1.807) is 0 Å². The lowest BCUT2D eigenvalue weighted by Gasteiger charge is -2.44. The van der Waals surface area contributed by atoms with Crippen molar-refractivity contribution in [2.24, 2.45) is 11.8 Å². The summed E-state index contributed by atoms with van der Waals surface area (Å²) in [5.74, 6) is 6.65. The third-order valence-electron chi connectivity index (χ3n) is 4.77. The van der Waals surface area contributed by atoms with E-state index in [2.05, 4.69) is 25.3 Å². The van der Waals surface area contributed by atoms with Crippen molar-refractivity contribution in [3.05, 3.63) is 34.9 Å². The van der Waals surface area contributed by atoms with Crippen LogP contribution in [0.5, 0.6) is 0 Å². The first-order valence-electron chi connectivity index (χ1n) is 7.95. The minimum atomic E-state index is -0.171. The first-order valence-corrected chi connectivity index (χ1v) is 8.32. The highest BCUT2D eigenvalue weighted by Gasteiger charge is 2.41. The normalized spacial score (nSPS) is 27.5. The van der Waals surface area contributed by atoms with Gasteiger partial charge in [0.1, 0.15) is 0 Å². The average Bonchev–Trinajstić information content (AvgIpc) is 2.49. The van der Waals surface area contributed by atoms with Gasteiger partial charge in [-0.2, -0.15) is 0 Å². The zero-order valence-electron chi connectivity index (χ0n) is 13.1. The van der Waals surface area contributed by atoms with Gasteiger partial charge in [0.25, 0.3) is 0 Å². The van der Waals surface area contributed by atoms with Gasteiger partial charge in [-0.1, -0.05) is 36.7 Å². The maximum atomic E-state index is 6.30. The molecule has 2 rings (SSSR count). The quantitative estimate of drug-likeness (QED) is 0.622. The van der Waals surface area contributed by atoms with Gasteiger partial charge >= 0.3 is 0 Å². The summed E-state index contributed by atoms with van der Waals surface area (Å²) in [6.07, 6.45) is 5.30. The number of rotatable bonds is 6. The number of ether oxygens (including phenoxy) is 1. The predicted octanol–water partition coefficient (Wildman–Crippen LogP) is 3.70. The Balaban J connectivity index is 2.18. The summed E-state index contributed by atoms with van der Waals surface area (Å²) in [5.41, 5.74) is 3.96. The molecule has 3 nitrogen and oxygen atoms in total. The number of hydrogen-bond donors (Lipinski definition) is 2. The van der Waals surface area contributed by atoms with Gasteiger partial charge < -0.3 is 4.74 Å². The molecule has 4 heteroatoms. The van der Waals surface area contributed by atoms with E-state index < -0.39 is 0 Å². The minimum Gasteiger partial charge on any atom is -0.374 e. The predicted molar refractivity (Wildman–Crippen MR) is 88.3 cm³/mol. The first-order chi connectivity index (χ1) is 10.1. The molecule has 1 fully saturated rings. The topological polar surface area (TPSA) is 47.3 Å². The number of hydrazine groups is 1. The van der Waals surface area contributed by atoms with Crippen molar-refractivity contribution >= 4 is 11.6 Å². The molecule has 0 bridgehead atoms. The SMILES string of the molecule is CCOC1(C(Cc2ccccc2Cl)NN)CCC(C)CC1. The molecule has 0 amide bonds. The molecule has 0 saturated heterocycles. The van der Waals surface area contributed by atoms with Crippen molar-refractivity contribution in [2.45, 2.75) is 57.6 Å². The van der Waals surface area contributed by atoms with Crippen LogP contribution in [0.1, 0.15) is 45.1 Å². The largest absolute Gasteiger partial charge is 0.374 e. The third-order valence-corrected chi connectivity index (χ3v) is 5.14. The molecule has 1 unspecified atom stereocenters. The average molecular weight is 311 g/mol.